The third-order valence-corrected chi connectivity index (χ3v) is 9.02. The molecule has 0 unspecified atom stereocenters. The van der Waals surface area contributed by atoms with Crippen molar-refractivity contribution in [2.75, 3.05) is 32.6 Å². The van der Waals surface area contributed by atoms with E-state index in [2.05, 4.69) is 15.7 Å². The van der Waals surface area contributed by atoms with Gasteiger partial charge in [-0.2, -0.15) is 5.48 Å². The van der Waals surface area contributed by atoms with Gasteiger partial charge in [-0.1, -0.05) is 60.7 Å². The van der Waals surface area contributed by atoms with Gasteiger partial charge in [0.1, 0.15) is 12.3 Å². The summed E-state index contributed by atoms with van der Waals surface area (Å²) < 4.78 is 23.5. The number of hydrogen-bond acceptors (Lipinski definition) is 7. The van der Waals surface area contributed by atoms with Gasteiger partial charge in [-0.3, -0.25) is 14.4 Å². The SMILES string of the molecule is CS(=O)(=O)c1ccc(CN2CONC3(CCN(CC[C@H](NC(=O)c4ccccc4)c4ccccc4)CC3)C2=O)cc1. The third-order valence-electron chi connectivity index (χ3n) is 7.90. The summed E-state index contributed by atoms with van der Waals surface area (Å²) in [7, 11) is -3.28. The molecule has 5 rings (SSSR count). The zero-order valence-electron chi connectivity index (χ0n) is 23.2. The molecule has 0 radical (unpaired) electrons. The first-order valence-corrected chi connectivity index (χ1v) is 15.7. The largest absolute Gasteiger partial charge is 0.345 e. The minimum Gasteiger partial charge on any atom is -0.345 e. The molecule has 2 amide bonds. The van der Waals surface area contributed by atoms with E-state index in [0.29, 0.717) is 38.0 Å². The molecular formula is C31H36N4O5S. The molecule has 9 nitrogen and oxygen atoms in total. The molecule has 0 bridgehead atoms. The monoisotopic (exact) mass is 576 g/mol. The molecule has 2 heterocycles. The maximum absolute atomic E-state index is 13.6. The van der Waals surface area contributed by atoms with Crippen molar-refractivity contribution in [1.29, 1.82) is 0 Å². The molecule has 10 heteroatoms. The van der Waals surface area contributed by atoms with Crippen LogP contribution in [0.1, 0.15) is 46.8 Å². The van der Waals surface area contributed by atoms with Crippen LogP contribution in [0.2, 0.25) is 0 Å². The smallest absolute Gasteiger partial charge is 0.251 e. The fourth-order valence-corrected chi connectivity index (χ4v) is 6.09. The molecule has 0 saturated carbocycles. The first-order valence-electron chi connectivity index (χ1n) is 13.8. The summed E-state index contributed by atoms with van der Waals surface area (Å²) >= 11 is 0. The van der Waals surface area contributed by atoms with E-state index in [0.717, 1.165) is 24.1 Å². The number of benzene rings is 3. The Hall–Kier alpha value is -3.57. The number of nitrogens with zero attached hydrogens (tertiary/aromatic N) is 2. The number of amides is 2. The highest BCUT2D eigenvalue weighted by Gasteiger charge is 2.46. The van der Waals surface area contributed by atoms with Gasteiger partial charge in [-0.15, -0.1) is 0 Å². The number of hydrogen-bond donors (Lipinski definition) is 2. The Balaban J connectivity index is 1.18. The van der Waals surface area contributed by atoms with E-state index in [1.54, 1.807) is 29.2 Å². The molecule has 3 aromatic rings. The molecule has 2 aliphatic heterocycles. The molecule has 1 spiro atoms. The topological polar surface area (TPSA) is 108 Å². The Labute approximate surface area is 241 Å². The fraction of sp³-hybridized carbons (Fsp3) is 0.355. The van der Waals surface area contributed by atoms with Gasteiger partial charge in [-0.05, 0) is 54.7 Å². The summed E-state index contributed by atoms with van der Waals surface area (Å²) in [5.74, 6) is -0.106. The molecule has 2 aliphatic rings. The van der Waals surface area contributed by atoms with Crippen LogP contribution >= 0.6 is 0 Å². The maximum atomic E-state index is 13.6. The number of rotatable bonds is 9. The van der Waals surface area contributed by atoms with Crippen molar-refractivity contribution in [2.24, 2.45) is 0 Å². The van der Waals surface area contributed by atoms with Gasteiger partial charge in [-0.25, -0.2) is 8.42 Å². The minimum atomic E-state index is -3.28. The Morgan fingerprint density at radius 3 is 2.24 bits per heavy atom. The highest BCUT2D eigenvalue weighted by atomic mass is 32.2. The van der Waals surface area contributed by atoms with Crippen molar-refractivity contribution in [3.63, 3.8) is 0 Å². The summed E-state index contributed by atoms with van der Waals surface area (Å²) in [5.41, 5.74) is 4.77. The van der Waals surface area contributed by atoms with Gasteiger partial charge in [0.2, 0.25) is 5.91 Å². The van der Waals surface area contributed by atoms with Gasteiger partial charge in [0.15, 0.2) is 9.84 Å². The molecule has 1 atom stereocenters. The lowest BCUT2D eigenvalue weighted by molar-refractivity contribution is -0.183. The van der Waals surface area contributed by atoms with Gasteiger partial charge in [0.25, 0.3) is 5.91 Å². The van der Waals surface area contributed by atoms with Crippen LogP contribution in [-0.2, 0) is 26.0 Å². The van der Waals surface area contributed by atoms with Crippen LogP contribution in [0, 0.1) is 0 Å². The van der Waals surface area contributed by atoms with Gasteiger partial charge >= 0.3 is 0 Å². The Bertz CT molecular complexity index is 1440. The predicted molar refractivity (Wildman–Crippen MR) is 155 cm³/mol. The van der Waals surface area contributed by atoms with Gasteiger partial charge < -0.3 is 15.1 Å². The van der Waals surface area contributed by atoms with Crippen molar-refractivity contribution < 1.29 is 22.8 Å². The number of hydroxylamine groups is 1. The van der Waals surface area contributed by atoms with E-state index in [1.165, 1.54) is 6.26 Å². The zero-order chi connectivity index (χ0) is 28.9. The molecule has 2 fully saturated rings. The summed E-state index contributed by atoms with van der Waals surface area (Å²) in [6.07, 6.45) is 3.11. The number of likely N-dealkylation sites (tertiary alicyclic amines) is 1. The lowest BCUT2D eigenvalue weighted by Gasteiger charge is -2.46. The lowest BCUT2D eigenvalue weighted by Crippen LogP contribution is -2.66. The number of sulfone groups is 1. The summed E-state index contributed by atoms with van der Waals surface area (Å²) in [4.78, 5) is 36.4. The van der Waals surface area contributed by atoms with Gasteiger partial charge in [0, 0.05) is 38.0 Å². The number of piperidine rings is 1. The standard InChI is InChI=1S/C31H36N4O5S/c1-41(38,39)27-14-12-24(13-15-27)22-35-23-40-33-31(30(35)37)17-20-34(21-18-31)19-16-28(25-8-4-2-5-9-25)32-29(36)26-10-6-3-7-11-26/h2-15,28,33H,16-23H2,1H3,(H,32,36)/t28-/m0/s1. The molecule has 3 aromatic carbocycles. The van der Waals surface area contributed by atoms with Crippen molar-refractivity contribution in [1.82, 2.24) is 20.6 Å². The number of carbonyl (C=O) groups excluding carboxylic acids is 2. The number of carbonyl (C=O) groups is 2. The summed E-state index contributed by atoms with van der Waals surface area (Å²) in [6.45, 7) is 2.67. The summed E-state index contributed by atoms with van der Waals surface area (Å²) in [5, 5.41) is 3.20. The van der Waals surface area contributed by atoms with Crippen LogP contribution in [0.15, 0.2) is 89.8 Å². The van der Waals surface area contributed by atoms with Crippen molar-refractivity contribution in [2.45, 2.75) is 42.3 Å². The third kappa shape index (κ3) is 7.02. The Morgan fingerprint density at radius 1 is 0.976 bits per heavy atom. The molecule has 2 N–H and O–H groups in total. The Kier molecular flexibility index (Phi) is 8.84. The average Bonchev–Trinajstić information content (AvgIpc) is 2.99. The van der Waals surface area contributed by atoms with E-state index in [4.69, 9.17) is 4.84 Å². The number of nitrogens with one attached hydrogen (secondary N) is 2. The van der Waals surface area contributed by atoms with Crippen LogP contribution in [0.3, 0.4) is 0 Å². The quantitative estimate of drug-likeness (QED) is 0.403. The van der Waals surface area contributed by atoms with E-state index in [-0.39, 0.29) is 29.5 Å². The van der Waals surface area contributed by atoms with Crippen LogP contribution < -0.4 is 10.8 Å². The van der Waals surface area contributed by atoms with E-state index in [9.17, 15) is 18.0 Å². The van der Waals surface area contributed by atoms with Crippen LogP contribution in [0.5, 0.6) is 0 Å². The fourth-order valence-electron chi connectivity index (χ4n) is 5.46. The zero-order valence-corrected chi connectivity index (χ0v) is 24.0. The predicted octanol–water partition coefficient (Wildman–Crippen LogP) is 3.31. The second kappa shape index (κ2) is 12.5. The van der Waals surface area contributed by atoms with Crippen LogP contribution in [0.4, 0.5) is 0 Å². The normalized spacial score (nSPS) is 18.3. The minimum absolute atomic E-state index is 0.00660. The molecule has 0 aliphatic carbocycles. The first kappa shape index (κ1) is 28.9. The van der Waals surface area contributed by atoms with Crippen molar-refractivity contribution in [3.05, 3.63) is 102 Å². The second-order valence-electron chi connectivity index (χ2n) is 10.8. The van der Waals surface area contributed by atoms with Gasteiger partial charge in [0.05, 0.1) is 10.9 Å². The summed E-state index contributed by atoms with van der Waals surface area (Å²) in [6, 6.07) is 25.7. The molecule has 216 valence electrons. The van der Waals surface area contributed by atoms with Crippen molar-refractivity contribution in [3.8, 4) is 0 Å². The highest BCUT2D eigenvalue weighted by Crippen LogP contribution is 2.29. The van der Waals surface area contributed by atoms with E-state index in [1.807, 2.05) is 60.7 Å². The molecule has 0 aromatic heterocycles. The van der Waals surface area contributed by atoms with E-state index >= 15 is 0 Å². The highest BCUT2D eigenvalue weighted by molar-refractivity contribution is 7.90. The van der Waals surface area contributed by atoms with Crippen molar-refractivity contribution >= 4 is 21.7 Å². The van der Waals surface area contributed by atoms with Crippen LogP contribution in [-0.4, -0.2) is 68.2 Å². The average molecular weight is 577 g/mol. The second-order valence-corrected chi connectivity index (χ2v) is 12.8. The molecule has 41 heavy (non-hydrogen) atoms. The van der Waals surface area contributed by atoms with E-state index < -0.39 is 15.4 Å². The lowest BCUT2D eigenvalue weighted by atomic mass is 9.86. The molecular weight excluding hydrogens is 540 g/mol. The molecule has 2 saturated heterocycles. The maximum Gasteiger partial charge on any atom is 0.251 e. The first-order chi connectivity index (χ1) is 19.7. The Morgan fingerprint density at radius 2 is 1.61 bits per heavy atom. The van der Waals surface area contributed by atoms with Crippen LogP contribution in [0.25, 0.3) is 0 Å².